The molecule has 2 aromatic rings. The topological polar surface area (TPSA) is 69.0 Å². The molecule has 1 aliphatic rings. The fourth-order valence-electron chi connectivity index (χ4n) is 3.16. The van der Waals surface area contributed by atoms with Crippen molar-refractivity contribution in [3.8, 4) is 0 Å². The molecule has 1 saturated heterocycles. The van der Waals surface area contributed by atoms with E-state index in [4.69, 9.17) is 4.74 Å². The molecule has 3 heterocycles. The molecule has 130 valence electrons. The van der Waals surface area contributed by atoms with Crippen LogP contribution in [-0.4, -0.2) is 40.2 Å². The van der Waals surface area contributed by atoms with Crippen LogP contribution in [0.1, 0.15) is 42.6 Å². The Bertz CT molecular complexity index is 675. The van der Waals surface area contributed by atoms with Crippen LogP contribution >= 0.6 is 11.3 Å². The van der Waals surface area contributed by atoms with E-state index in [9.17, 15) is 4.79 Å². The van der Waals surface area contributed by atoms with Crippen LogP contribution in [0.15, 0.2) is 23.7 Å². The Morgan fingerprint density at radius 1 is 1.50 bits per heavy atom. The molecule has 3 rings (SSSR count). The van der Waals surface area contributed by atoms with Crippen LogP contribution in [-0.2, 0) is 11.3 Å². The molecule has 0 aliphatic carbocycles. The highest BCUT2D eigenvalue weighted by molar-refractivity contribution is 7.09. The third-order valence-corrected chi connectivity index (χ3v) is 5.12. The number of hydrogen-bond donors (Lipinski definition) is 1. The van der Waals surface area contributed by atoms with Gasteiger partial charge in [-0.1, -0.05) is 32.1 Å². The smallest absolute Gasteiger partial charge is 0.273 e. The SMILES string of the molecule is CC(C)(C)[C@@H]1OCC[C@@H]1CNC(=O)c1cn(Cc2cccs2)nn1. The van der Waals surface area contributed by atoms with Gasteiger partial charge in [-0.25, -0.2) is 4.68 Å². The van der Waals surface area contributed by atoms with Crippen LogP contribution in [0, 0.1) is 11.3 Å². The lowest BCUT2D eigenvalue weighted by molar-refractivity contribution is 0.00736. The molecule has 0 saturated carbocycles. The second-order valence-electron chi connectivity index (χ2n) is 7.30. The molecule has 0 bridgehead atoms. The van der Waals surface area contributed by atoms with E-state index in [1.807, 2.05) is 17.5 Å². The Labute approximate surface area is 146 Å². The molecule has 7 heteroatoms. The summed E-state index contributed by atoms with van der Waals surface area (Å²) in [5, 5.41) is 13.0. The lowest BCUT2D eigenvalue weighted by atomic mass is 9.81. The van der Waals surface area contributed by atoms with Crippen molar-refractivity contribution >= 4 is 17.2 Å². The molecular weight excluding hydrogens is 324 g/mol. The highest BCUT2D eigenvalue weighted by Gasteiger charge is 2.37. The first-order valence-electron chi connectivity index (χ1n) is 8.26. The third-order valence-electron chi connectivity index (χ3n) is 4.26. The van der Waals surface area contributed by atoms with Crippen molar-refractivity contribution in [1.82, 2.24) is 20.3 Å². The van der Waals surface area contributed by atoms with Gasteiger partial charge in [0.2, 0.25) is 0 Å². The minimum Gasteiger partial charge on any atom is -0.377 e. The summed E-state index contributed by atoms with van der Waals surface area (Å²) in [6, 6.07) is 4.04. The fourth-order valence-corrected chi connectivity index (χ4v) is 3.85. The van der Waals surface area contributed by atoms with E-state index in [1.54, 1.807) is 22.2 Å². The monoisotopic (exact) mass is 348 g/mol. The molecule has 2 aromatic heterocycles. The molecule has 1 aliphatic heterocycles. The van der Waals surface area contributed by atoms with Gasteiger partial charge in [0.05, 0.1) is 18.8 Å². The molecule has 0 spiro atoms. The van der Waals surface area contributed by atoms with Gasteiger partial charge in [0.1, 0.15) is 0 Å². The van der Waals surface area contributed by atoms with E-state index in [0.29, 0.717) is 24.7 Å². The van der Waals surface area contributed by atoms with E-state index in [2.05, 4.69) is 36.4 Å². The maximum absolute atomic E-state index is 12.3. The number of aromatic nitrogens is 3. The maximum Gasteiger partial charge on any atom is 0.273 e. The Balaban J connectivity index is 1.55. The Hall–Kier alpha value is -1.73. The highest BCUT2D eigenvalue weighted by Crippen LogP contribution is 2.34. The van der Waals surface area contributed by atoms with Crippen molar-refractivity contribution in [2.24, 2.45) is 11.3 Å². The van der Waals surface area contributed by atoms with Crippen LogP contribution in [0.25, 0.3) is 0 Å². The van der Waals surface area contributed by atoms with Crippen molar-refractivity contribution in [1.29, 1.82) is 0 Å². The zero-order chi connectivity index (χ0) is 17.2. The van der Waals surface area contributed by atoms with E-state index in [0.717, 1.165) is 13.0 Å². The summed E-state index contributed by atoms with van der Waals surface area (Å²) in [7, 11) is 0. The van der Waals surface area contributed by atoms with Crippen LogP contribution < -0.4 is 5.32 Å². The Kier molecular flexibility index (Phi) is 5.01. The number of thiophene rings is 1. The normalized spacial score (nSPS) is 21.1. The minimum absolute atomic E-state index is 0.0791. The molecule has 2 atom stereocenters. The van der Waals surface area contributed by atoms with Crippen molar-refractivity contribution in [2.75, 3.05) is 13.2 Å². The van der Waals surface area contributed by atoms with Gasteiger partial charge >= 0.3 is 0 Å². The van der Waals surface area contributed by atoms with Gasteiger partial charge in [0.25, 0.3) is 5.91 Å². The summed E-state index contributed by atoms with van der Waals surface area (Å²) in [5.74, 6) is 0.169. The van der Waals surface area contributed by atoms with Crippen LogP contribution in [0.4, 0.5) is 0 Å². The second-order valence-corrected chi connectivity index (χ2v) is 8.33. The average molecular weight is 348 g/mol. The van der Waals surface area contributed by atoms with Crippen LogP contribution in [0.5, 0.6) is 0 Å². The lowest BCUT2D eigenvalue weighted by Crippen LogP contribution is -2.38. The van der Waals surface area contributed by atoms with E-state index >= 15 is 0 Å². The number of ether oxygens (including phenoxy) is 1. The summed E-state index contributed by atoms with van der Waals surface area (Å²) in [4.78, 5) is 13.5. The van der Waals surface area contributed by atoms with E-state index in [1.165, 1.54) is 4.88 Å². The number of hydrogen-bond acceptors (Lipinski definition) is 5. The molecule has 24 heavy (non-hydrogen) atoms. The molecular formula is C17H24N4O2S. The van der Waals surface area contributed by atoms with Gasteiger partial charge in [-0.15, -0.1) is 16.4 Å². The van der Waals surface area contributed by atoms with Gasteiger partial charge in [-0.3, -0.25) is 4.79 Å². The molecule has 0 aromatic carbocycles. The molecule has 6 nitrogen and oxygen atoms in total. The van der Waals surface area contributed by atoms with Crippen molar-refractivity contribution < 1.29 is 9.53 Å². The van der Waals surface area contributed by atoms with Gasteiger partial charge in [0, 0.05) is 23.9 Å². The summed E-state index contributed by atoms with van der Waals surface area (Å²) in [6.45, 7) is 8.54. The van der Waals surface area contributed by atoms with Gasteiger partial charge in [-0.05, 0) is 23.3 Å². The quantitative estimate of drug-likeness (QED) is 0.902. The van der Waals surface area contributed by atoms with Crippen molar-refractivity contribution in [2.45, 2.75) is 39.8 Å². The number of rotatable bonds is 5. The number of nitrogens with zero attached hydrogens (tertiary/aromatic N) is 3. The molecule has 1 amide bonds. The second kappa shape index (κ2) is 7.03. The Morgan fingerprint density at radius 2 is 2.33 bits per heavy atom. The summed E-state index contributed by atoms with van der Waals surface area (Å²) >= 11 is 1.66. The number of amides is 1. The first kappa shape index (κ1) is 17.1. The molecule has 1 N–H and O–H groups in total. The predicted molar refractivity (Wildman–Crippen MR) is 93.1 cm³/mol. The van der Waals surface area contributed by atoms with Gasteiger partial charge < -0.3 is 10.1 Å². The number of carbonyl (C=O) groups is 1. The summed E-state index contributed by atoms with van der Waals surface area (Å²) < 4.78 is 7.54. The largest absolute Gasteiger partial charge is 0.377 e. The van der Waals surface area contributed by atoms with E-state index < -0.39 is 0 Å². The van der Waals surface area contributed by atoms with Crippen LogP contribution in [0.3, 0.4) is 0 Å². The fraction of sp³-hybridized carbons (Fsp3) is 0.588. The lowest BCUT2D eigenvalue weighted by Gasteiger charge is -2.31. The van der Waals surface area contributed by atoms with Crippen LogP contribution in [0.2, 0.25) is 0 Å². The molecule has 1 fully saturated rings. The first-order chi connectivity index (χ1) is 11.4. The molecule has 0 unspecified atom stereocenters. The van der Waals surface area contributed by atoms with Gasteiger partial charge in [-0.2, -0.15) is 0 Å². The maximum atomic E-state index is 12.3. The number of nitrogens with one attached hydrogen (secondary N) is 1. The third kappa shape index (κ3) is 4.02. The molecule has 0 radical (unpaired) electrons. The standard InChI is InChI=1S/C17H24N4O2S/c1-17(2,3)15-12(6-7-23-15)9-18-16(22)14-11-21(20-19-14)10-13-5-4-8-24-13/h4-5,8,11-12,15H,6-7,9-10H2,1-3H3,(H,18,22)/t12-,15-/m1/s1. The summed E-state index contributed by atoms with van der Waals surface area (Å²) in [6.07, 6.45) is 2.85. The summed E-state index contributed by atoms with van der Waals surface area (Å²) in [5.41, 5.74) is 0.438. The van der Waals surface area contributed by atoms with Gasteiger partial charge in [0.15, 0.2) is 5.69 Å². The van der Waals surface area contributed by atoms with E-state index in [-0.39, 0.29) is 17.4 Å². The Morgan fingerprint density at radius 3 is 3.04 bits per heavy atom. The predicted octanol–water partition coefficient (Wildman–Crippen LogP) is 2.57. The highest BCUT2D eigenvalue weighted by atomic mass is 32.1. The van der Waals surface area contributed by atoms with Crippen molar-refractivity contribution in [3.05, 3.63) is 34.3 Å². The number of carbonyl (C=O) groups excluding carboxylic acids is 1. The van der Waals surface area contributed by atoms with Crippen molar-refractivity contribution in [3.63, 3.8) is 0 Å². The average Bonchev–Trinajstić information content (AvgIpc) is 3.25. The minimum atomic E-state index is -0.174. The zero-order valence-electron chi connectivity index (χ0n) is 14.4. The zero-order valence-corrected chi connectivity index (χ0v) is 15.2. The first-order valence-corrected chi connectivity index (χ1v) is 9.14.